The van der Waals surface area contributed by atoms with Crippen LogP contribution in [0.5, 0.6) is 0 Å². The molecule has 0 bridgehead atoms. The summed E-state index contributed by atoms with van der Waals surface area (Å²) in [6, 6.07) is 9.30. The number of anilines is 1. The van der Waals surface area contributed by atoms with Gasteiger partial charge in [-0.05, 0) is 12.1 Å². The number of piperazine rings is 1. The predicted molar refractivity (Wildman–Crippen MR) is 74.9 cm³/mol. The molecule has 0 atom stereocenters. The lowest BCUT2D eigenvalue weighted by atomic mass is 10.1. The second-order valence-corrected chi connectivity index (χ2v) is 4.66. The molecule has 1 amide bonds. The summed E-state index contributed by atoms with van der Waals surface area (Å²) in [5.74, 6) is -0.0216. The molecule has 1 aliphatic rings. The third kappa shape index (κ3) is 2.24. The Morgan fingerprint density at radius 3 is 2.79 bits per heavy atom. The highest BCUT2D eigenvalue weighted by atomic mass is 16.2. The van der Waals surface area contributed by atoms with Crippen molar-refractivity contribution in [2.75, 3.05) is 31.9 Å². The van der Waals surface area contributed by atoms with E-state index in [1.807, 2.05) is 23.1 Å². The molecule has 0 radical (unpaired) electrons. The van der Waals surface area contributed by atoms with Crippen LogP contribution in [0.25, 0.3) is 10.9 Å². The number of rotatable bonds is 1. The Morgan fingerprint density at radius 1 is 1.21 bits per heavy atom. The van der Waals surface area contributed by atoms with Crippen LogP contribution >= 0.6 is 0 Å². The van der Waals surface area contributed by atoms with Crippen molar-refractivity contribution in [3.63, 3.8) is 0 Å². The number of para-hydroxylation sites is 1. The summed E-state index contributed by atoms with van der Waals surface area (Å²) in [6.45, 7) is 3.12. The summed E-state index contributed by atoms with van der Waals surface area (Å²) in [5, 5.41) is 4.18. The van der Waals surface area contributed by atoms with Gasteiger partial charge in [0.25, 0.3) is 5.91 Å². The monoisotopic (exact) mass is 256 g/mol. The maximum absolute atomic E-state index is 12.3. The maximum atomic E-state index is 12.3. The van der Waals surface area contributed by atoms with Gasteiger partial charge in [0.15, 0.2) is 0 Å². The van der Waals surface area contributed by atoms with E-state index in [2.05, 4.69) is 10.3 Å². The van der Waals surface area contributed by atoms with Crippen molar-refractivity contribution in [3.05, 3.63) is 36.0 Å². The van der Waals surface area contributed by atoms with Gasteiger partial charge in [-0.2, -0.15) is 0 Å². The zero-order chi connectivity index (χ0) is 13.2. The van der Waals surface area contributed by atoms with Crippen LogP contribution in [0.3, 0.4) is 0 Å². The van der Waals surface area contributed by atoms with E-state index in [0.717, 1.165) is 31.6 Å². The van der Waals surface area contributed by atoms with Crippen LogP contribution < -0.4 is 11.1 Å². The Balaban J connectivity index is 1.96. The van der Waals surface area contributed by atoms with Gasteiger partial charge in [-0.15, -0.1) is 0 Å². The Morgan fingerprint density at radius 2 is 2.00 bits per heavy atom. The van der Waals surface area contributed by atoms with Crippen molar-refractivity contribution in [2.45, 2.75) is 0 Å². The van der Waals surface area contributed by atoms with E-state index in [1.54, 1.807) is 12.1 Å². The van der Waals surface area contributed by atoms with Crippen LogP contribution in [0.1, 0.15) is 10.5 Å². The minimum Gasteiger partial charge on any atom is -0.397 e. The molecular formula is C14H16N4O. The van der Waals surface area contributed by atoms with Crippen molar-refractivity contribution in [2.24, 2.45) is 0 Å². The number of hydrogen-bond acceptors (Lipinski definition) is 4. The number of fused-ring (bicyclic) bond motifs is 1. The Kier molecular flexibility index (Phi) is 3.05. The molecule has 98 valence electrons. The van der Waals surface area contributed by atoms with Crippen LogP contribution in [-0.4, -0.2) is 42.0 Å². The molecule has 1 saturated heterocycles. The van der Waals surface area contributed by atoms with E-state index in [-0.39, 0.29) is 5.91 Å². The third-order valence-electron chi connectivity index (χ3n) is 3.37. The van der Waals surface area contributed by atoms with Crippen molar-refractivity contribution in [1.82, 2.24) is 15.2 Å². The standard InChI is InChI=1S/C14H16N4O/c15-11-3-1-2-10-4-5-12(17-13(10)11)14(19)18-8-6-16-7-9-18/h1-5,16H,6-9,15H2. The average molecular weight is 256 g/mol. The van der Waals surface area contributed by atoms with Crippen molar-refractivity contribution in [1.29, 1.82) is 0 Å². The number of nitrogens with one attached hydrogen (secondary N) is 1. The summed E-state index contributed by atoms with van der Waals surface area (Å²) in [6.07, 6.45) is 0. The minimum absolute atomic E-state index is 0.0216. The Labute approximate surface area is 111 Å². The molecule has 5 nitrogen and oxygen atoms in total. The Hall–Kier alpha value is -2.14. The number of carbonyl (C=O) groups is 1. The zero-order valence-corrected chi connectivity index (χ0v) is 10.6. The molecule has 1 fully saturated rings. The second kappa shape index (κ2) is 4.85. The molecule has 3 N–H and O–H groups in total. The third-order valence-corrected chi connectivity index (χ3v) is 3.37. The highest BCUT2D eigenvalue weighted by Gasteiger charge is 2.19. The van der Waals surface area contributed by atoms with Crippen LogP contribution in [0.2, 0.25) is 0 Å². The first-order valence-electron chi connectivity index (χ1n) is 6.41. The van der Waals surface area contributed by atoms with Crippen LogP contribution in [0, 0.1) is 0 Å². The molecule has 3 rings (SSSR count). The highest BCUT2D eigenvalue weighted by molar-refractivity contribution is 5.97. The van der Waals surface area contributed by atoms with Gasteiger partial charge >= 0.3 is 0 Å². The Bertz CT molecular complexity index is 620. The normalized spacial score (nSPS) is 15.7. The summed E-state index contributed by atoms with van der Waals surface area (Å²) < 4.78 is 0. The fraction of sp³-hybridized carbons (Fsp3) is 0.286. The van der Waals surface area contributed by atoms with E-state index < -0.39 is 0 Å². The predicted octanol–water partition coefficient (Wildman–Crippen LogP) is 0.862. The van der Waals surface area contributed by atoms with Gasteiger partial charge in [-0.25, -0.2) is 4.98 Å². The molecule has 0 saturated carbocycles. The van der Waals surface area contributed by atoms with Gasteiger partial charge in [0.2, 0.25) is 0 Å². The van der Waals surface area contributed by atoms with E-state index in [1.165, 1.54) is 0 Å². The number of nitrogens with zero attached hydrogens (tertiary/aromatic N) is 2. The molecule has 5 heteroatoms. The average Bonchev–Trinajstić information content (AvgIpc) is 2.47. The van der Waals surface area contributed by atoms with Gasteiger partial charge in [0, 0.05) is 31.6 Å². The lowest BCUT2D eigenvalue weighted by Crippen LogP contribution is -2.46. The number of carbonyl (C=O) groups excluding carboxylic acids is 1. The first-order valence-corrected chi connectivity index (χ1v) is 6.41. The van der Waals surface area contributed by atoms with Crippen LogP contribution in [0.15, 0.2) is 30.3 Å². The number of amides is 1. The molecular weight excluding hydrogens is 240 g/mol. The summed E-state index contributed by atoms with van der Waals surface area (Å²) in [5.41, 5.74) is 7.67. The first kappa shape index (κ1) is 11.9. The summed E-state index contributed by atoms with van der Waals surface area (Å²) in [7, 11) is 0. The molecule has 19 heavy (non-hydrogen) atoms. The zero-order valence-electron chi connectivity index (χ0n) is 10.6. The summed E-state index contributed by atoms with van der Waals surface area (Å²) >= 11 is 0. The van der Waals surface area contributed by atoms with Gasteiger partial charge in [-0.3, -0.25) is 4.79 Å². The van der Waals surface area contributed by atoms with Crippen LogP contribution in [-0.2, 0) is 0 Å². The SMILES string of the molecule is Nc1cccc2ccc(C(=O)N3CCNCC3)nc12. The largest absolute Gasteiger partial charge is 0.397 e. The van der Waals surface area contributed by atoms with Gasteiger partial charge in [-0.1, -0.05) is 18.2 Å². The number of nitrogen functional groups attached to an aromatic ring is 1. The smallest absolute Gasteiger partial charge is 0.272 e. The lowest BCUT2D eigenvalue weighted by Gasteiger charge is -2.27. The topological polar surface area (TPSA) is 71.2 Å². The molecule has 0 aliphatic carbocycles. The van der Waals surface area contributed by atoms with Crippen molar-refractivity contribution in [3.8, 4) is 0 Å². The number of benzene rings is 1. The number of pyridine rings is 1. The van der Waals surface area contributed by atoms with E-state index in [0.29, 0.717) is 16.9 Å². The molecule has 1 aromatic carbocycles. The first-order chi connectivity index (χ1) is 9.25. The maximum Gasteiger partial charge on any atom is 0.272 e. The highest BCUT2D eigenvalue weighted by Crippen LogP contribution is 2.19. The molecule has 2 aromatic rings. The number of hydrogen-bond donors (Lipinski definition) is 2. The molecule has 0 spiro atoms. The van der Waals surface area contributed by atoms with Crippen molar-refractivity contribution < 1.29 is 4.79 Å². The lowest BCUT2D eigenvalue weighted by molar-refractivity contribution is 0.0730. The second-order valence-electron chi connectivity index (χ2n) is 4.66. The summed E-state index contributed by atoms with van der Waals surface area (Å²) in [4.78, 5) is 18.6. The minimum atomic E-state index is -0.0216. The molecule has 1 aliphatic heterocycles. The molecule has 1 aromatic heterocycles. The fourth-order valence-corrected chi connectivity index (χ4v) is 2.32. The number of nitrogens with two attached hydrogens (primary N) is 1. The van der Waals surface area contributed by atoms with Crippen molar-refractivity contribution >= 4 is 22.5 Å². The quantitative estimate of drug-likeness (QED) is 0.742. The van der Waals surface area contributed by atoms with E-state index >= 15 is 0 Å². The molecule has 2 heterocycles. The van der Waals surface area contributed by atoms with Gasteiger partial charge in [0.05, 0.1) is 11.2 Å². The fourth-order valence-electron chi connectivity index (χ4n) is 2.32. The number of aromatic nitrogens is 1. The van der Waals surface area contributed by atoms with E-state index in [9.17, 15) is 4.79 Å². The van der Waals surface area contributed by atoms with E-state index in [4.69, 9.17) is 5.73 Å². The van der Waals surface area contributed by atoms with Crippen LogP contribution in [0.4, 0.5) is 5.69 Å². The molecule has 0 unspecified atom stereocenters. The van der Waals surface area contributed by atoms with Gasteiger partial charge < -0.3 is 16.0 Å². The van der Waals surface area contributed by atoms with Gasteiger partial charge in [0.1, 0.15) is 5.69 Å².